The molecule has 1 aromatic heterocycles. The van der Waals surface area contributed by atoms with Crippen LogP contribution in [0.3, 0.4) is 0 Å². The van der Waals surface area contributed by atoms with Gasteiger partial charge in [-0.2, -0.15) is 0 Å². The molecular weight excluding hydrogens is 321 g/mol. The molecule has 0 unspecified atom stereocenters. The number of nitrogens with zero attached hydrogens (tertiary/aromatic N) is 2. The molecule has 0 atom stereocenters. The SMILES string of the molecule is O=C(c1ccccc1F)N1CC=C(n2c(=O)[nH]c3ccccc32)CC1. The summed E-state index contributed by atoms with van der Waals surface area (Å²) in [5.74, 6) is -0.852. The highest BCUT2D eigenvalue weighted by Gasteiger charge is 2.22. The molecular formula is C19H16FN3O2. The molecule has 0 spiro atoms. The van der Waals surface area contributed by atoms with Gasteiger partial charge in [-0.15, -0.1) is 0 Å². The highest BCUT2D eigenvalue weighted by Crippen LogP contribution is 2.21. The zero-order valence-electron chi connectivity index (χ0n) is 13.4. The lowest BCUT2D eigenvalue weighted by atomic mass is 10.1. The second-order valence-electron chi connectivity index (χ2n) is 5.96. The van der Waals surface area contributed by atoms with E-state index < -0.39 is 5.82 Å². The van der Waals surface area contributed by atoms with Gasteiger partial charge in [0.15, 0.2) is 0 Å². The summed E-state index contributed by atoms with van der Waals surface area (Å²) < 4.78 is 15.4. The summed E-state index contributed by atoms with van der Waals surface area (Å²) in [5.41, 5.74) is 2.32. The highest BCUT2D eigenvalue weighted by atomic mass is 19.1. The topological polar surface area (TPSA) is 58.1 Å². The number of amides is 1. The Morgan fingerprint density at radius 2 is 1.84 bits per heavy atom. The number of hydrogen-bond acceptors (Lipinski definition) is 2. The predicted octanol–water partition coefficient (Wildman–Crippen LogP) is 2.86. The average molecular weight is 337 g/mol. The van der Waals surface area contributed by atoms with Crippen molar-refractivity contribution in [3.8, 4) is 0 Å². The molecule has 1 amide bonds. The van der Waals surface area contributed by atoms with Crippen molar-refractivity contribution >= 4 is 22.6 Å². The van der Waals surface area contributed by atoms with Crippen LogP contribution >= 0.6 is 0 Å². The number of imidazole rings is 1. The molecule has 25 heavy (non-hydrogen) atoms. The molecule has 5 nitrogen and oxygen atoms in total. The first-order chi connectivity index (χ1) is 12.1. The molecule has 1 N–H and O–H groups in total. The molecule has 4 rings (SSSR count). The number of benzene rings is 2. The number of hydrogen-bond donors (Lipinski definition) is 1. The minimum Gasteiger partial charge on any atom is -0.334 e. The number of rotatable bonds is 2. The molecule has 2 heterocycles. The number of fused-ring (bicyclic) bond motifs is 1. The summed E-state index contributed by atoms with van der Waals surface area (Å²) in [6, 6.07) is 13.5. The first kappa shape index (κ1) is 15.4. The van der Waals surface area contributed by atoms with E-state index in [1.54, 1.807) is 21.6 Å². The Bertz CT molecular complexity index is 1050. The van der Waals surface area contributed by atoms with Gasteiger partial charge in [0.2, 0.25) is 0 Å². The fourth-order valence-corrected chi connectivity index (χ4v) is 3.19. The average Bonchev–Trinajstić information content (AvgIpc) is 2.97. The number of carbonyl (C=O) groups is 1. The molecule has 1 aliphatic rings. The van der Waals surface area contributed by atoms with Crippen molar-refractivity contribution in [2.75, 3.05) is 13.1 Å². The Hall–Kier alpha value is -3.15. The molecule has 6 heteroatoms. The standard InChI is InChI=1S/C19H16FN3O2/c20-15-6-2-1-5-14(15)18(24)22-11-9-13(10-12-22)23-17-8-4-3-7-16(17)21-19(23)25/h1-9H,10-12H2,(H,21,25). The summed E-state index contributed by atoms with van der Waals surface area (Å²) in [6.07, 6.45) is 2.38. The Balaban J connectivity index is 1.62. The third kappa shape index (κ3) is 2.65. The normalized spacial score (nSPS) is 14.6. The first-order valence-electron chi connectivity index (χ1n) is 8.08. The van der Waals surface area contributed by atoms with Gasteiger partial charge in [0, 0.05) is 25.2 Å². The minimum atomic E-state index is -0.518. The van der Waals surface area contributed by atoms with Gasteiger partial charge in [-0.05, 0) is 30.3 Å². The van der Waals surface area contributed by atoms with Crippen molar-refractivity contribution in [3.05, 3.63) is 76.5 Å². The largest absolute Gasteiger partial charge is 0.334 e. The third-order valence-corrected chi connectivity index (χ3v) is 4.45. The number of aromatic nitrogens is 2. The summed E-state index contributed by atoms with van der Waals surface area (Å²) in [7, 11) is 0. The lowest BCUT2D eigenvalue weighted by molar-refractivity contribution is 0.0767. The van der Waals surface area contributed by atoms with Crippen molar-refractivity contribution in [2.45, 2.75) is 6.42 Å². The lowest BCUT2D eigenvalue weighted by Gasteiger charge is -2.27. The number of carbonyl (C=O) groups excluding carboxylic acids is 1. The number of para-hydroxylation sites is 2. The van der Waals surface area contributed by atoms with Crippen LogP contribution in [0.4, 0.5) is 4.39 Å². The Labute approximate surface area is 143 Å². The number of halogens is 1. The quantitative estimate of drug-likeness (QED) is 0.782. The highest BCUT2D eigenvalue weighted by molar-refractivity contribution is 5.95. The Morgan fingerprint density at radius 3 is 2.60 bits per heavy atom. The molecule has 0 aliphatic carbocycles. The van der Waals surface area contributed by atoms with Crippen molar-refractivity contribution in [3.63, 3.8) is 0 Å². The van der Waals surface area contributed by atoms with Crippen LogP contribution in [0.1, 0.15) is 16.8 Å². The van der Waals surface area contributed by atoms with Crippen LogP contribution in [-0.2, 0) is 0 Å². The smallest absolute Gasteiger partial charge is 0.330 e. The van der Waals surface area contributed by atoms with Crippen LogP contribution < -0.4 is 5.69 Å². The minimum absolute atomic E-state index is 0.0728. The van der Waals surface area contributed by atoms with E-state index in [0.29, 0.717) is 19.5 Å². The van der Waals surface area contributed by atoms with Crippen LogP contribution in [0.25, 0.3) is 16.7 Å². The van der Waals surface area contributed by atoms with Crippen LogP contribution in [-0.4, -0.2) is 33.4 Å². The van der Waals surface area contributed by atoms with E-state index in [-0.39, 0.29) is 17.2 Å². The van der Waals surface area contributed by atoms with E-state index >= 15 is 0 Å². The summed E-state index contributed by atoms with van der Waals surface area (Å²) in [4.78, 5) is 29.1. The zero-order valence-corrected chi connectivity index (χ0v) is 13.4. The Kier molecular flexibility index (Phi) is 3.72. The van der Waals surface area contributed by atoms with Crippen molar-refractivity contribution in [1.29, 1.82) is 0 Å². The molecule has 0 saturated heterocycles. The van der Waals surface area contributed by atoms with E-state index in [0.717, 1.165) is 16.7 Å². The third-order valence-electron chi connectivity index (χ3n) is 4.45. The molecule has 0 saturated carbocycles. The molecule has 126 valence electrons. The van der Waals surface area contributed by atoms with Gasteiger partial charge in [0.1, 0.15) is 5.82 Å². The maximum Gasteiger partial charge on any atom is 0.330 e. The van der Waals surface area contributed by atoms with Crippen LogP contribution in [0.5, 0.6) is 0 Å². The van der Waals surface area contributed by atoms with Crippen LogP contribution in [0.2, 0.25) is 0 Å². The lowest BCUT2D eigenvalue weighted by Crippen LogP contribution is -2.36. The fourth-order valence-electron chi connectivity index (χ4n) is 3.19. The second kappa shape index (κ2) is 6.05. The maximum absolute atomic E-state index is 13.8. The number of nitrogens with one attached hydrogen (secondary N) is 1. The van der Waals surface area contributed by atoms with E-state index in [9.17, 15) is 14.0 Å². The van der Waals surface area contributed by atoms with Crippen molar-refractivity contribution < 1.29 is 9.18 Å². The molecule has 0 bridgehead atoms. The van der Waals surface area contributed by atoms with Gasteiger partial charge in [-0.1, -0.05) is 24.3 Å². The van der Waals surface area contributed by atoms with Gasteiger partial charge in [-0.3, -0.25) is 9.36 Å². The maximum atomic E-state index is 13.8. The zero-order chi connectivity index (χ0) is 17.4. The van der Waals surface area contributed by atoms with E-state index in [1.165, 1.54) is 12.1 Å². The summed E-state index contributed by atoms with van der Waals surface area (Å²) >= 11 is 0. The Morgan fingerprint density at radius 1 is 1.08 bits per heavy atom. The van der Waals surface area contributed by atoms with Gasteiger partial charge in [0.05, 0.1) is 16.6 Å². The molecule has 2 aromatic carbocycles. The van der Waals surface area contributed by atoms with Crippen LogP contribution in [0, 0.1) is 5.82 Å². The fraction of sp³-hybridized carbons (Fsp3) is 0.158. The van der Waals surface area contributed by atoms with Crippen LogP contribution in [0.15, 0.2) is 59.4 Å². The number of H-pyrrole nitrogens is 1. The van der Waals surface area contributed by atoms with Gasteiger partial charge >= 0.3 is 5.69 Å². The molecule has 0 fully saturated rings. The first-order valence-corrected chi connectivity index (χ1v) is 8.08. The molecule has 3 aromatic rings. The monoisotopic (exact) mass is 337 g/mol. The van der Waals surface area contributed by atoms with Crippen molar-refractivity contribution in [2.24, 2.45) is 0 Å². The van der Waals surface area contributed by atoms with E-state index in [1.807, 2.05) is 30.3 Å². The predicted molar refractivity (Wildman–Crippen MR) is 93.8 cm³/mol. The van der Waals surface area contributed by atoms with Crippen molar-refractivity contribution in [1.82, 2.24) is 14.5 Å². The van der Waals surface area contributed by atoms with Gasteiger partial charge < -0.3 is 9.88 Å². The van der Waals surface area contributed by atoms with E-state index in [2.05, 4.69) is 4.98 Å². The summed E-state index contributed by atoms with van der Waals surface area (Å²) in [6.45, 7) is 0.777. The summed E-state index contributed by atoms with van der Waals surface area (Å²) in [5, 5.41) is 0. The number of aromatic amines is 1. The molecule has 0 radical (unpaired) electrons. The van der Waals surface area contributed by atoms with Gasteiger partial charge in [-0.25, -0.2) is 9.18 Å². The molecule has 1 aliphatic heterocycles. The van der Waals surface area contributed by atoms with E-state index in [4.69, 9.17) is 0 Å². The second-order valence-corrected chi connectivity index (χ2v) is 5.96. The van der Waals surface area contributed by atoms with Gasteiger partial charge in [0.25, 0.3) is 5.91 Å².